The second kappa shape index (κ2) is 6.48. The number of aliphatic hydroxyl groups excluding tert-OH is 1. The van der Waals surface area contributed by atoms with Crippen LogP contribution in [0.5, 0.6) is 0 Å². The first-order valence-electron chi connectivity index (χ1n) is 5.34. The van der Waals surface area contributed by atoms with E-state index in [2.05, 4.69) is 5.32 Å². The van der Waals surface area contributed by atoms with Crippen molar-refractivity contribution in [2.45, 2.75) is 12.8 Å². The van der Waals surface area contributed by atoms with Gasteiger partial charge in [-0.3, -0.25) is 9.59 Å². The number of rotatable bonds is 5. The van der Waals surface area contributed by atoms with Gasteiger partial charge in [-0.1, -0.05) is 12.2 Å². The molecule has 0 saturated heterocycles. The van der Waals surface area contributed by atoms with Crippen molar-refractivity contribution < 1.29 is 24.5 Å². The number of methoxy groups -OCH3 is 1. The summed E-state index contributed by atoms with van der Waals surface area (Å²) >= 11 is 0. The van der Waals surface area contributed by atoms with Crippen molar-refractivity contribution in [2.24, 2.45) is 0 Å². The zero-order chi connectivity index (χ0) is 13.5. The standard InChI is InChI=1S/C12H15NO5/c1-18-10-6-8(2-4-9(10)14)3-5-11(15)13-7-12(16)17/h2-3,5,14H,4,6-7H2,1H3,(H,13,15)(H,16,17). The summed E-state index contributed by atoms with van der Waals surface area (Å²) in [6.07, 6.45) is 5.37. The molecule has 98 valence electrons. The van der Waals surface area contributed by atoms with Gasteiger partial charge in [0.1, 0.15) is 18.1 Å². The van der Waals surface area contributed by atoms with Gasteiger partial charge in [-0.2, -0.15) is 0 Å². The number of nitrogens with one attached hydrogen (secondary N) is 1. The van der Waals surface area contributed by atoms with Crippen LogP contribution >= 0.6 is 0 Å². The average molecular weight is 253 g/mol. The van der Waals surface area contributed by atoms with Crippen LogP contribution in [0.3, 0.4) is 0 Å². The Labute approximate surface area is 104 Å². The first-order chi connectivity index (χ1) is 8.52. The number of hydrogen-bond donors (Lipinski definition) is 3. The van der Waals surface area contributed by atoms with Gasteiger partial charge < -0.3 is 20.3 Å². The summed E-state index contributed by atoms with van der Waals surface area (Å²) in [5.41, 5.74) is 0.829. The molecule has 6 nitrogen and oxygen atoms in total. The first-order valence-corrected chi connectivity index (χ1v) is 5.34. The third kappa shape index (κ3) is 4.32. The predicted molar refractivity (Wildman–Crippen MR) is 63.8 cm³/mol. The van der Waals surface area contributed by atoms with Crippen LogP contribution in [0.25, 0.3) is 0 Å². The third-order valence-corrected chi connectivity index (χ3v) is 2.35. The molecule has 1 aliphatic rings. The van der Waals surface area contributed by atoms with E-state index in [9.17, 15) is 14.7 Å². The van der Waals surface area contributed by atoms with E-state index in [0.717, 1.165) is 5.57 Å². The fourth-order valence-electron chi connectivity index (χ4n) is 1.42. The molecule has 1 aliphatic carbocycles. The summed E-state index contributed by atoms with van der Waals surface area (Å²) < 4.78 is 5.00. The molecule has 0 aromatic carbocycles. The quantitative estimate of drug-likeness (QED) is 0.632. The van der Waals surface area contributed by atoms with Crippen LogP contribution in [0, 0.1) is 0 Å². The van der Waals surface area contributed by atoms with Gasteiger partial charge in [-0.05, 0) is 5.57 Å². The lowest BCUT2D eigenvalue weighted by Gasteiger charge is -2.14. The summed E-state index contributed by atoms with van der Waals surface area (Å²) in [6, 6.07) is 0. The van der Waals surface area contributed by atoms with E-state index in [-0.39, 0.29) is 5.76 Å². The SMILES string of the molecule is COC1=C(O)CC=C(C=CC(=O)NCC(=O)O)C1. The van der Waals surface area contributed by atoms with Gasteiger partial charge in [0.25, 0.3) is 0 Å². The molecular formula is C12H15NO5. The maximum atomic E-state index is 11.2. The van der Waals surface area contributed by atoms with Crippen molar-refractivity contribution in [2.75, 3.05) is 13.7 Å². The van der Waals surface area contributed by atoms with Gasteiger partial charge in [0.05, 0.1) is 7.11 Å². The Morgan fingerprint density at radius 2 is 2.28 bits per heavy atom. The van der Waals surface area contributed by atoms with Crippen LogP contribution in [0.4, 0.5) is 0 Å². The van der Waals surface area contributed by atoms with Crippen LogP contribution in [0.2, 0.25) is 0 Å². The van der Waals surface area contributed by atoms with E-state index in [1.807, 2.05) is 0 Å². The molecule has 0 fully saturated rings. The van der Waals surface area contributed by atoms with Gasteiger partial charge in [-0.15, -0.1) is 0 Å². The zero-order valence-electron chi connectivity index (χ0n) is 9.97. The number of carboxylic acids is 1. The number of ether oxygens (including phenoxy) is 1. The average Bonchev–Trinajstić information content (AvgIpc) is 2.35. The maximum absolute atomic E-state index is 11.2. The molecule has 0 heterocycles. The molecule has 0 aromatic heterocycles. The summed E-state index contributed by atoms with van der Waals surface area (Å²) in [5, 5.41) is 20.0. The Balaban J connectivity index is 2.49. The molecule has 6 heteroatoms. The van der Waals surface area contributed by atoms with E-state index in [1.165, 1.54) is 13.2 Å². The topological polar surface area (TPSA) is 95.9 Å². The van der Waals surface area contributed by atoms with Gasteiger partial charge in [0.15, 0.2) is 0 Å². The number of hydrogen-bond acceptors (Lipinski definition) is 4. The number of carboxylic acid groups (broad SMARTS) is 1. The van der Waals surface area contributed by atoms with Crippen LogP contribution in [-0.2, 0) is 14.3 Å². The molecule has 0 bridgehead atoms. The lowest BCUT2D eigenvalue weighted by atomic mass is 10.0. The van der Waals surface area contributed by atoms with Crippen LogP contribution in [0.1, 0.15) is 12.8 Å². The second-order valence-corrected chi connectivity index (χ2v) is 3.68. The Kier molecular flexibility index (Phi) is 4.98. The first kappa shape index (κ1) is 13.8. The Bertz CT molecular complexity index is 434. The molecule has 3 N–H and O–H groups in total. The number of aliphatic hydroxyl groups is 1. The number of carbonyl (C=O) groups excluding carboxylic acids is 1. The van der Waals surface area contributed by atoms with Crippen molar-refractivity contribution in [3.63, 3.8) is 0 Å². The van der Waals surface area contributed by atoms with E-state index in [4.69, 9.17) is 9.84 Å². The third-order valence-electron chi connectivity index (χ3n) is 2.35. The Morgan fingerprint density at radius 3 is 2.89 bits per heavy atom. The number of aliphatic carboxylic acids is 1. The highest BCUT2D eigenvalue weighted by atomic mass is 16.5. The number of allylic oxidation sites excluding steroid dienone is 3. The lowest BCUT2D eigenvalue weighted by Crippen LogP contribution is -2.27. The summed E-state index contributed by atoms with van der Waals surface area (Å²) in [7, 11) is 1.47. The minimum absolute atomic E-state index is 0.185. The van der Waals surface area contributed by atoms with E-state index >= 15 is 0 Å². The summed E-state index contributed by atoms with van der Waals surface area (Å²) in [6.45, 7) is -0.410. The normalized spacial score (nSPS) is 15.5. The van der Waals surface area contributed by atoms with Crippen molar-refractivity contribution in [3.8, 4) is 0 Å². The van der Waals surface area contributed by atoms with E-state index < -0.39 is 18.4 Å². The van der Waals surface area contributed by atoms with E-state index in [0.29, 0.717) is 18.6 Å². The molecule has 0 atom stereocenters. The molecular weight excluding hydrogens is 238 g/mol. The zero-order valence-corrected chi connectivity index (χ0v) is 9.97. The smallest absolute Gasteiger partial charge is 0.322 e. The van der Waals surface area contributed by atoms with Crippen LogP contribution < -0.4 is 5.32 Å². The minimum atomic E-state index is -1.09. The van der Waals surface area contributed by atoms with Gasteiger partial charge in [-0.25, -0.2) is 0 Å². The maximum Gasteiger partial charge on any atom is 0.322 e. The summed E-state index contributed by atoms with van der Waals surface area (Å²) in [5.74, 6) is -0.910. The fraction of sp³-hybridized carbons (Fsp3) is 0.333. The fourth-order valence-corrected chi connectivity index (χ4v) is 1.42. The number of carbonyl (C=O) groups is 2. The predicted octanol–water partition coefficient (Wildman–Crippen LogP) is 0.880. The van der Waals surface area contributed by atoms with Gasteiger partial charge in [0.2, 0.25) is 5.91 Å². The molecule has 0 saturated carbocycles. The highest BCUT2D eigenvalue weighted by molar-refractivity contribution is 5.90. The van der Waals surface area contributed by atoms with Gasteiger partial charge >= 0.3 is 5.97 Å². The minimum Gasteiger partial charge on any atom is -0.508 e. The number of amides is 1. The highest BCUT2D eigenvalue weighted by Crippen LogP contribution is 2.23. The molecule has 0 unspecified atom stereocenters. The highest BCUT2D eigenvalue weighted by Gasteiger charge is 2.12. The molecule has 1 amide bonds. The second-order valence-electron chi connectivity index (χ2n) is 3.68. The van der Waals surface area contributed by atoms with Crippen molar-refractivity contribution >= 4 is 11.9 Å². The van der Waals surface area contributed by atoms with E-state index in [1.54, 1.807) is 12.2 Å². The van der Waals surface area contributed by atoms with Crippen molar-refractivity contribution in [3.05, 3.63) is 35.3 Å². The monoisotopic (exact) mass is 253 g/mol. The van der Waals surface area contributed by atoms with Crippen molar-refractivity contribution in [1.82, 2.24) is 5.32 Å². The lowest BCUT2D eigenvalue weighted by molar-refractivity contribution is -0.137. The molecule has 0 aliphatic heterocycles. The van der Waals surface area contributed by atoms with Crippen molar-refractivity contribution in [1.29, 1.82) is 0 Å². The Morgan fingerprint density at radius 1 is 1.56 bits per heavy atom. The van der Waals surface area contributed by atoms with Crippen LogP contribution in [-0.4, -0.2) is 35.7 Å². The summed E-state index contributed by atoms with van der Waals surface area (Å²) in [4.78, 5) is 21.5. The van der Waals surface area contributed by atoms with Crippen LogP contribution in [0.15, 0.2) is 35.3 Å². The van der Waals surface area contributed by atoms with Gasteiger partial charge in [0, 0.05) is 18.9 Å². The molecule has 1 rings (SSSR count). The molecule has 18 heavy (non-hydrogen) atoms. The molecule has 0 spiro atoms. The Hall–Kier alpha value is -2.24. The molecule has 0 radical (unpaired) electrons. The largest absolute Gasteiger partial charge is 0.508 e. The molecule has 0 aromatic rings.